The largest absolute Gasteiger partial charge is 0.512 e. The van der Waals surface area contributed by atoms with Crippen LogP contribution in [0.5, 0.6) is 5.75 Å². The van der Waals surface area contributed by atoms with Crippen molar-refractivity contribution in [3.8, 4) is 5.75 Å². The number of aliphatic hydroxyl groups excluding tert-OH is 2. The van der Waals surface area contributed by atoms with Gasteiger partial charge in [0.2, 0.25) is 0 Å². The zero-order valence-electron chi connectivity index (χ0n) is 12.2. The normalized spacial score (nSPS) is 17.8. The summed E-state index contributed by atoms with van der Waals surface area (Å²) in [4.78, 5) is 0. The van der Waals surface area contributed by atoms with E-state index in [9.17, 15) is 15.3 Å². The maximum absolute atomic E-state index is 10.1. The molecule has 113 valence electrons. The fraction of sp³-hybridized carbons (Fsp3) is 0.353. The quantitative estimate of drug-likeness (QED) is 0.648. The van der Waals surface area contributed by atoms with Crippen LogP contribution < -0.4 is 5.32 Å². The number of hydrogen-bond acceptors (Lipinski definition) is 4. The number of allylic oxidation sites excluding steroid dienone is 3. The zero-order valence-corrected chi connectivity index (χ0v) is 12.2. The molecule has 1 aliphatic rings. The van der Waals surface area contributed by atoms with Gasteiger partial charge < -0.3 is 20.6 Å². The molecule has 0 spiro atoms. The highest BCUT2D eigenvalue weighted by atomic mass is 16.3. The highest BCUT2D eigenvalue weighted by Gasteiger charge is 2.15. The van der Waals surface area contributed by atoms with Gasteiger partial charge in [-0.1, -0.05) is 18.2 Å². The SMILES string of the molecule is C[C@H](Cc1ccc(O)cc1)NC[C@@H](O)C1=CC=C(O)[CH]C1. The van der Waals surface area contributed by atoms with E-state index in [2.05, 4.69) is 12.2 Å². The lowest BCUT2D eigenvalue weighted by atomic mass is 9.98. The minimum atomic E-state index is -0.548. The standard InChI is InChI=1S/C17H22NO3/c1-12(10-13-2-6-15(19)7-3-13)18-11-17(21)14-4-8-16(20)9-5-14/h2-4,6-9,12,17-21H,5,10-11H2,1H3/t12-,17-/m1/s1. The Kier molecular flexibility index (Phi) is 5.42. The van der Waals surface area contributed by atoms with Crippen molar-refractivity contribution in [3.05, 3.63) is 59.7 Å². The molecule has 4 N–H and O–H groups in total. The van der Waals surface area contributed by atoms with Crippen LogP contribution in [0, 0.1) is 6.42 Å². The summed E-state index contributed by atoms with van der Waals surface area (Å²) in [5, 5.41) is 31.9. The maximum atomic E-state index is 10.1. The Hall–Kier alpha value is -1.78. The first-order valence-electron chi connectivity index (χ1n) is 7.17. The number of aliphatic hydroxyl groups is 2. The maximum Gasteiger partial charge on any atom is 0.115 e. The van der Waals surface area contributed by atoms with Crippen LogP contribution in [0.2, 0.25) is 0 Å². The number of hydrogen-bond donors (Lipinski definition) is 4. The van der Waals surface area contributed by atoms with Crippen molar-refractivity contribution in [2.75, 3.05) is 6.54 Å². The van der Waals surface area contributed by atoms with E-state index in [1.165, 1.54) is 0 Å². The molecule has 0 fully saturated rings. The molecule has 4 heteroatoms. The summed E-state index contributed by atoms with van der Waals surface area (Å²) in [5.74, 6) is 0.520. The van der Waals surface area contributed by atoms with Crippen LogP contribution in [-0.4, -0.2) is 34.0 Å². The van der Waals surface area contributed by atoms with Gasteiger partial charge in [0, 0.05) is 19.0 Å². The van der Waals surface area contributed by atoms with Crippen molar-refractivity contribution in [3.63, 3.8) is 0 Å². The van der Waals surface area contributed by atoms with E-state index in [0.29, 0.717) is 13.0 Å². The van der Waals surface area contributed by atoms with Gasteiger partial charge >= 0.3 is 0 Å². The van der Waals surface area contributed by atoms with Crippen molar-refractivity contribution >= 4 is 0 Å². The van der Waals surface area contributed by atoms with E-state index < -0.39 is 6.10 Å². The second kappa shape index (κ2) is 7.29. The van der Waals surface area contributed by atoms with Crippen LogP contribution in [0.4, 0.5) is 0 Å². The van der Waals surface area contributed by atoms with Crippen LogP contribution in [0.25, 0.3) is 0 Å². The lowest BCUT2D eigenvalue weighted by molar-refractivity contribution is 0.198. The van der Waals surface area contributed by atoms with Crippen molar-refractivity contribution in [2.45, 2.75) is 31.9 Å². The first-order valence-corrected chi connectivity index (χ1v) is 7.17. The van der Waals surface area contributed by atoms with Gasteiger partial charge in [0.25, 0.3) is 0 Å². The zero-order chi connectivity index (χ0) is 15.2. The van der Waals surface area contributed by atoms with E-state index in [1.54, 1.807) is 30.7 Å². The Morgan fingerprint density at radius 2 is 1.86 bits per heavy atom. The molecule has 0 bridgehead atoms. The summed E-state index contributed by atoms with van der Waals surface area (Å²) in [5.41, 5.74) is 2.04. The van der Waals surface area contributed by atoms with Gasteiger partial charge in [-0.3, -0.25) is 0 Å². The van der Waals surface area contributed by atoms with Crippen molar-refractivity contribution in [1.82, 2.24) is 5.32 Å². The van der Waals surface area contributed by atoms with Crippen molar-refractivity contribution in [2.24, 2.45) is 0 Å². The first-order chi connectivity index (χ1) is 10.0. The summed E-state index contributed by atoms with van der Waals surface area (Å²) in [6.07, 6.45) is 5.93. The molecule has 4 nitrogen and oxygen atoms in total. The minimum Gasteiger partial charge on any atom is -0.512 e. The van der Waals surface area contributed by atoms with E-state index >= 15 is 0 Å². The van der Waals surface area contributed by atoms with Crippen molar-refractivity contribution < 1.29 is 15.3 Å². The molecule has 0 saturated carbocycles. The molecule has 1 aliphatic carbocycles. The highest BCUT2D eigenvalue weighted by Crippen LogP contribution is 2.18. The third kappa shape index (κ3) is 4.92. The van der Waals surface area contributed by atoms with Gasteiger partial charge in [-0.25, -0.2) is 0 Å². The fourth-order valence-corrected chi connectivity index (χ4v) is 2.30. The van der Waals surface area contributed by atoms with Gasteiger partial charge in [0.05, 0.1) is 11.9 Å². The number of aromatic hydroxyl groups is 1. The number of benzene rings is 1. The predicted molar refractivity (Wildman–Crippen MR) is 83.0 cm³/mol. The topological polar surface area (TPSA) is 72.7 Å². The number of phenols is 1. The first kappa shape index (κ1) is 15.6. The second-order valence-electron chi connectivity index (χ2n) is 5.44. The van der Waals surface area contributed by atoms with E-state index in [1.807, 2.05) is 12.1 Å². The summed E-state index contributed by atoms with van der Waals surface area (Å²) in [6.45, 7) is 2.54. The Morgan fingerprint density at radius 1 is 1.14 bits per heavy atom. The molecule has 1 radical (unpaired) electrons. The number of rotatable bonds is 6. The summed E-state index contributed by atoms with van der Waals surface area (Å²) in [7, 11) is 0. The molecular weight excluding hydrogens is 266 g/mol. The second-order valence-corrected chi connectivity index (χ2v) is 5.44. The third-order valence-electron chi connectivity index (χ3n) is 3.58. The monoisotopic (exact) mass is 288 g/mol. The van der Waals surface area contributed by atoms with E-state index in [4.69, 9.17) is 0 Å². The van der Waals surface area contributed by atoms with Gasteiger partial charge in [-0.2, -0.15) is 0 Å². The van der Waals surface area contributed by atoms with Crippen LogP contribution >= 0.6 is 0 Å². The predicted octanol–water partition coefficient (Wildman–Crippen LogP) is 2.25. The van der Waals surface area contributed by atoms with Gasteiger partial charge in [-0.15, -0.1) is 0 Å². The van der Waals surface area contributed by atoms with Crippen LogP contribution in [0.15, 0.2) is 47.7 Å². The van der Waals surface area contributed by atoms with E-state index in [-0.39, 0.29) is 17.6 Å². The summed E-state index contributed by atoms with van der Waals surface area (Å²) in [6, 6.07) is 7.38. The molecule has 21 heavy (non-hydrogen) atoms. The molecule has 2 rings (SSSR count). The third-order valence-corrected chi connectivity index (χ3v) is 3.58. The molecule has 2 atom stereocenters. The highest BCUT2D eigenvalue weighted by molar-refractivity contribution is 5.29. The Labute approximate surface area is 125 Å². The lowest BCUT2D eigenvalue weighted by Crippen LogP contribution is -2.36. The Morgan fingerprint density at radius 3 is 2.48 bits per heavy atom. The summed E-state index contributed by atoms with van der Waals surface area (Å²) < 4.78 is 0. The smallest absolute Gasteiger partial charge is 0.115 e. The molecule has 1 aromatic carbocycles. The number of nitrogens with one attached hydrogen (secondary N) is 1. The fourth-order valence-electron chi connectivity index (χ4n) is 2.30. The minimum absolute atomic E-state index is 0.223. The van der Waals surface area contributed by atoms with Crippen LogP contribution in [0.3, 0.4) is 0 Å². The van der Waals surface area contributed by atoms with Gasteiger partial charge in [0.1, 0.15) is 5.75 Å². The van der Waals surface area contributed by atoms with E-state index in [0.717, 1.165) is 17.6 Å². The Balaban J connectivity index is 1.78. The summed E-state index contributed by atoms with van der Waals surface area (Å²) >= 11 is 0. The Bertz CT molecular complexity index is 519. The number of phenolic OH excluding ortho intramolecular Hbond substituents is 1. The van der Waals surface area contributed by atoms with Crippen molar-refractivity contribution in [1.29, 1.82) is 0 Å². The molecule has 0 aromatic heterocycles. The van der Waals surface area contributed by atoms with Crippen LogP contribution in [0.1, 0.15) is 18.9 Å². The average molecular weight is 288 g/mol. The van der Waals surface area contributed by atoms with Gasteiger partial charge in [0.15, 0.2) is 0 Å². The molecular formula is C17H22NO3. The molecule has 0 saturated heterocycles. The average Bonchev–Trinajstić information content (AvgIpc) is 2.48. The lowest BCUT2D eigenvalue weighted by Gasteiger charge is -2.20. The molecule has 0 amide bonds. The molecule has 0 heterocycles. The molecule has 1 aromatic rings. The van der Waals surface area contributed by atoms with Gasteiger partial charge in [-0.05, 0) is 49.1 Å². The van der Waals surface area contributed by atoms with Crippen LogP contribution in [-0.2, 0) is 6.42 Å². The molecule has 0 unspecified atom stereocenters. The molecule has 0 aliphatic heterocycles.